The first-order valence-corrected chi connectivity index (χ1v) is 7.94. The molecule has 22 heavy (non-hydrogen) atoms. The number of piperidine rings is 1. The highest BCUT2D eigenvalue weighted by atomic mass is 16.5. The number of rotatable bonds is 2. The Morgan fingerprint density at radius 1 is 1.09 bits per heavy atom. The van der Waals surface area contributed by atoms with Crippen LogP contribution < -0.4 is 10.1 Å². The zero-order chi connectivity index (χ0) is 15.0. The highest BCUT2D eigenvalue weighted by Gasteiger charge is 2.46. The van der Waals surface area contributed by atoms with Gasteiger partial charge in [-0.05, 0) is 54.8 Å². The monoisotopic (exact) mass is 295 g/mol. The number of nitrogens with one attached hydrogen (secondary N) is 1. The van der Waals surface area contributed by atoms with Crippen molar-refractivity contribution in [1.29, 1.82) is 0 Å². The molecule has 2 heterocycles. The molecule has 0 aromatic heterocycles. The van der Waals surface area contributed by atoms with Gasteiger partial charge in [-0.2, -0.15) is 0 Å². The molecule has 1 unspecified atom stereocenters. The maximum absolute atomic E-state index is 6.65. The summed E-state index contributed by atoms with van der Waals surface area (Å²) in [5.41, 5.74) is 3.66. The minimum Gasteiger partial charge on any atom is -0.497 e. The molecule has 0 amide bonds. The smallest absolute Gasteiger partial charge is 0.119 e. The van der Waals surface area contributed by atoms with E-state index >= 15 is 0 Å². The van der Waals surface area contributed by atoms with Crippen LogP contribution >= 0.6 is 0 Å². The first-order valence-electron chi connectivity index (χ1n) is 7.94. The van der Waals surface area contributed by atoms with Crippen molar-refractivity contribution in [3.8, 4) is 5.75 Å². The average molecular weight is 295 g/mol. The topological polar surface area (TPSA) is 30.5 Å². The van der Waals surface area contributed by atoms with Crippen LogP contribution in [0.4, 0.5) is 0 Å². The van der Waals surface area contributed by atoms with E-state index in [0.717, 1.165) is 31.7 Å². The summed E-state index contributed by atoms with van der Waals surface area (Å²) in [6.07, 6.45) is 2.05. The lowest BCUT2D eigenvalue weighted by atomic mass is 9.83. The van der Waals surface area contributed by atoms with Gasteiger partial charge in [0.2, 0.25) is 0 Å². The molecule has 0 radical (unpaired) electrons. The molecule has 1 N–H and O–H groups in total. The first kappa shape index (κ1) is 13.8. The van der Waals surface area contributed by atoms with Gasteiger partial charge in [0.15, 0.2) is 0 Å². The molecule has 2 aliphatic rings. The fourth-order valence-electron chi connectivity index (χ4n) is 3.75. The van der Waals surface area contributed by atoms with Crippen molar-refractivity contribution in [2.45, 2.75) is 24.5 Å². The number of hydrogen-bond acceptors (Lipinski definition) is 3. The molecule has 2 aromatic carbocycles. The summed E-state index contributed by atoms with van der Waals surface area (Å²) in [6, 6.07) is 16.9. The number of benzene rings is 2. The van der Waals surface area contributed by atoms with Crippen LogP contribution in [-0.4, -0.2) is 20.2 Å². The van der Waals surface area contributed by atoms with E-state index in [9.17, 15) is 0 Å². The fraction of sp³-hybridized carbons (Fsp3) is 0.368. The number of ether oxygens (including phenoxy) is 2. The maximum Gasteiger partial charge on any atom is 0.119 e. The van der Waals surface area contributed by atoms with E-state index in [1.165, 1.54) is 16.7 Å². The summed E-state index contributed by atoms with van der Waals surface area (Å²) in [5, 5.41) is 3.44. The van der Waals surface area contributed by atoms with Gasteiger partial charge in [0.05, 0.1) is 12.7 Å². The van der Waals surface area contributed by atoms with Gasteiger partial charge in [-0.3, -0.25) is 0 Å². The van der Waals surface area contributed by atoms with Crippen LogP contribution in [0.25, 0.3) is 0 Å². The molecule has 0 aliphatic carbocycles. The van der Waals surface area contributed by atoms with E-state index in [-0.39, 0.29) is 11.7 Å². The molecule has 2 aromatic rings. The summed E-state index contributed by atoms with van der Waals surface area (Å²) in [4.78, 5) is 0. The first-order chi connectivity index (χ1) is 10.8. The quantitative estimate of drug-likeness (QED) is 0.921. The van der Waals surface area contributed by atoms with E-state index in [4.69, 9.17) is 9.47 Å². The normalized spacial score (nSPS) is 22.5. The highest BCUT2D eigenvalue weighted by Crippen LogP contribution is 2.51. The van der Waals surface area contributed by atoms with E-state index in [0.29, 0.717) is 0 Å². The van der Waals surface area contributed by atoms with Gasteiger partial charge >= 0.3 is 0 Å². The van der Waals surface area contributed by atoms with Crippen molar-refractivity contribution in [2.24, 2.45) is 0 Å². The van der Waals surface area contributed by atoms with Crippen LogP contribution in [0.15, 0.2) is 48.5 Å². The van der Waals surface area contributed by atoms with Crippen molar-refractivity contribution < 1.29 is 9.47 Å². The van der Waals surface area contributed by atoms with E-state index in [1.54, 1.807) is 7.11 Å². The van der Waals surface area contributed by atoms with E-state index in [1.807, 2.05) is 6.07 Å². The summed E-state index contributed by atoms with van der Waals surface area (Å²) in [7, 11) is 1.72. The Kier molecular flexibility index (Phi) is 3.40. The van der Waals surface area contributed by atoms with E-state index < -0.39 is 0 Å². The van der Waals surface area contributed by atoms with Crippen LogP contribution in [-0.2, 0) is 10.3 Å². The van der Waals surface area contributed by atoms with Crippen molar-refractivity contribution >= 4 is 0 Å². The van der Waals surface area contributed by atoms with Gasteiger partial charge < -0.3 is 14.8 Å². The molecule has 1 fully saturated rings. The van der Waals surface area contributed by atoms with E-state index in [2.05, 4.69) is 47.8 Å². The molecule has 1 spiro atoms. The molecule has 0 bridgehead atoms. The van der Waals surface area contributed by atoms with Gasteiger partial charge in [-0.15, -0.1) is 0 Å². The molecule has 4 rings (SSSR count). The minimum atomic E-state index is -0.145. The third-order valence-electron chi connectivity index (χ3n) is 4.89. The van der Waals surface area contributed by atoms with Crippen LogP contribution in [0.5, 0.6) is 5.75 Å². The molecule has 114 valence electrons. The minimum absolute atomic E-state index is 0.00407. The summed E-state index contributed by atoms with van der Waals surface area (Å²) >= 11 is 0. The zero-order valence-electron chi connectivity index (χ0n) is 12.8. The van der Waals surface area contributed by atoms with Gasteiger partial charge in [0.25, 0.3) is 0 Å². The zero-order valence-corrected chi connectivity index (χ0v) is 12.8. The lowest BCUT2D eigenvalue weighted by Gasteiger charge is -2.34. The Morgan fingerprint density at radius 3 is 2.59 bits per heavy atom. The molecule has 2 aliphatic heterocycles. The second-order valence-corrected chi connectivity index (χ2v) is 6.11. The third-order valence-corrected chi connectivity index (χ3v) is 4.89. The van der Waals surface area contributed by atoms with Crippen molar-refractivity contribution in [3.05, 3.63) is 65.2 Å². The predicted molar refractivity (Wildman–Crippen MR) is 86.1 cm³/mol. The number of fused-ring (bicyclic) bond motifs is 2. The summed E-state index contributed by atoms with van der Waals surface area (Å²) in [6.45, 7) is 2.01. The molecule has 1 atom stereocenters. The number of hydrogen-bond donors (Lipinski definition) is 1. The molecular weight excluding hydrogens is 274 g/mol. The van der Waals surface area contributed by atoms with Crippen LogP contribution in [0.1, 0.15) is 35.6 Å². The number of methoxy groups -OCH3 is 1. The Balaban J connectivity index is 1.83. The molecular formula is C19H21NO2. The molecule has 0 saturated carbocycles. The Morgan fingerprint density at radius 2 is 1.86 bits per heavy atom. The standard InChI is InChI=1S/C19H21NO2/c1-21-15-7-8-17-16(13-15)18(14-5-3-2-4-6-14)22-19(17)9-11-20-12-10-19/h2-8,13,18,20H,9-12H2,1H3. The SMILES string of the molecule is COc1ccc2c(c1)C(c1ccccc1)OC21CCNCC1. The van der Waals surface area contributed by atoms with Gasteiger partial charge in [0, 0.05) is 0 Å². The van der Waals surface area contributed by atoms with Gasteiger partial charge in [-0.25, -0.2) is 0 Å². The lowest BCUT2D eigenvalue weighted by Crippen LogP contribution is -2.39. The Bertz CT molecular complexity index is 662. The average Bonchev–Trinajstić information content (AvgIpc) is 2.90. The second-order valence-electron chi connectivity index (χ2n) is 6.11. The van der Waals surface area contributed by atoms with Crippen molar-refractivity contribution in [3.63, 3.8) is 0 Å². The van der Waals surface area contributed by atoms with Crippen LogP contribution in [0.3, 0.4) is 0 Å². The van der Waals surface area contributed by atoms with Crippen LogP contribution in [0.2, 0.25) is 0 Å². The second kappa shape index (κ2) is 5.41. The maximum atomic E-state index is 6.65. The van der Waals surface area contributed by atoms with Crippen molar-refractivity contribution in [1.82, 2.24) is 5.32 Å². The predicted octanol–water partition coefficient (Wildman–Crippen LogP) is 3.39. The molecule has 1 saturated heterocycles. The third kappa shape index (κ3) is 2.13. The Hall–Kier alpha value is -1.84. The molecule has 3 nitrogen and oxygen atoms in total. The van der Waals surface area contributed by atoms with Gasteiger partial charge in [-0.1, -0.05) is 36.4 Å². The summed E-state index contributed by atoms with van der Waals surface area (Å²) < 4.78 is 12.1. The highest BCUT2D eigenvalue weighted by molar-refractivity contribution is 5.47. The molecule has 3 heteroatoms. The van der Waals surface area contributed by atoms with Crippen molar-refractivity contribution in [2.75, 3.05) is 20.2 Å². The largest absolute Gasteiger partial charge is 0.497 e. The van der Waals surface area contributed by atoms with Crippen LogP contribution in [0, 0.1) is 0 Å². The fourth-order valence-corrected chi connectivity index (χ4v) is 3.75. The Labute approximate surface area is 131 Å². The van der Waals surface area contributed by atoms with Gasteiger partial charge in [0.1, 0.15) is 11.9 Å². The summed E-state index contributed by atoms with van der Waals surface area (Å²) in [5.74, 6) is 0.897. The lowest BCUT2D eigenvalue weighted by molar-refractivity contribution is -0.0798.